The van der Waals surface area contributed by atoms with Crippen molar-refractivity contribution in [3.8, 4) is 0 Å². The summed E-state index contributed by atoms with van der Waals surface area (Å²) in [6, 6.07) is 4.95. The molecule has 1 N–H and O–H groups in total. The van der Waals surface area contributed by atoms with Gasteiger partial charge in [0.1, 0.15) is 10.8 Å². The highest BCUT2D eigenvalue weighted by Crippen LogP contribution is 2.40. The van der Waals surface area contributed by atoms with E-state index in [2.05, 4.69) is 15.3 Å². The van der Waals surface area contributed by atoms with E-state index in [0.717, 1.165) is 5.69 Å². The number of thiazole rings is 1. The lowest BCUT2D eigenvalue weighted by molar-refractivity contribution is 0.102. The lowest BCUT2D eigenvalue weighted by Crippen LogP contribution is -2.13. The minimum Gasteiger partial charge on any atom is -0.296 e. The molecule has 0 spiro atoms. The van der Waals surface area contributed by atoms with Gasteiger partial charge in [0.05, 0.1) is 5.69 Å². The van der Waals surface area contributed by atoms with Crippen molar-refractivity contribution in [1.29, 1.82) is 0 Å². The lowest BCUT2D eigenvalue weighted by Gasteiger charge is -2.00. The number of pyridine rings is 1. The second-order valence-corrected chi connectivity index (χ2v) is 5.40. The number of hydrogen-bond donors (Lipinski definition) is 1. The van der Waals surface area contributed by atoms with Gasteiger partial charge in [-0.3, -0.25) is 10.1 Å². The van der Waals surface area contributed by atoms with Crippen LogP contribution < -0.4 is 5.32 Å². The van der Waals surface area contributed by atoms with Crippen molar-refractivity contribution in [1.82, 2.24) is 9.97 Å². The number of nitrogens with one attached hydrogen (secondary N) is 1. The zero-order valence-electron chi connectivity index (χ0n) is 9.39. The second kappa shape index (κ2) is 4.66. The van der Waals surface area contributed by atoms with Gasteiger partial charge in [-0.1, -0.05) is 17.7 Å². The van der Waals surface area contributed by atoms with Gasteiger partial charge in [0.25, 0.3) is 5.91 Å². The number of rotatable bonds is 3. The van der Waals surface area contributed by atoms with Gasteiger partial charge >= 0.3 is 0 Å². The van der Waals surface area contributed by atoms with E-state index in [4.69, 9.17) is 11.6 Å². The molecule has 1 aliphatic rings. The third-order valence-electron chi connectivity index (χ3n) is 2.69. The van der Waals surface area contributed by atoms with Gasteiger partial charge in [-0.05, 0) is 25.0 Å². The minimum absolute atomic E-state index is 0.283. The molecular formula is C12H10ClN3OS. The number of anilines is 1. The summed E-state index contributed by atoms with van der Waals surface area (Å²) in [6.45, 7) is 0. The summed E-state index contributed by atoms with van der Waals surface area (Å²) < 4.78 is 0. The maximum atomic E-state index is 11.9. The SMILES string of the molecule is O=C(Nc1nc(C2CC2)cs1)c1cccc(Cl)n1. The Labute approximate surface area is 113 Å². The summed E-state index contributed by atoms with van der Waals surface area (Å²) in [6.07, 6.45) is 2.40. The number of carbonyl (C=O) groups is 1. The number of amides is 1. The number of nitrogens with zero attached hydrogens (tertiary/aromatic N) is 2. The number of aromatic nitrogens is 2. The first kappa shape index (κ1) is 11.6. The van der Waals surface area contributed by atoms with Crippen LogP contribution in [0, 0.1) is 0 Å². The van der Waals surface area contributed by atoms with Gasteiger partial charge in [0.2, 0.25) is 0 Å². The number of halogens is 1. The van der Waals surface area contributed by atoms with E-state index in [-0.39, 0.29) is 5.91 Å². The summed E-state index contributed by atoms with van der Waals surface area (Å²) in [4.78, 5) is 20.2. The monoisotopic (exact) mass is 279 g/mol. The Morgan fingerprint density at radius 1 is 1.39 bits per heavy atom. The van der Waals surface area contributed by atoms with Crippen molar-refractivity contribution in [2.45, 2.75) is 18.8 Å². The van der Waals surface area contributed by atoms with Crippen LogP contribution in [-0.4, -0.2) is 15.9 Å². The molecule has 92 valence electrons. The zero-order valence-corrected chi connectivity index (χ0v) is 11.0. The van der Waals surface area contributed by atoms with Crippen molar-refractivity contribution >= 4 is 34.0 Å². The van der Waals surface area contributed by atoms with Gasteiger partial charge < -0.3 is 0 Å². The summed E-state index contributed by atoms with van der Waals surface area (Å²) in [5, 5.41) is 5.65. The molecule has 1 aliphatic carbocycles. The minimum atomic E-state index is -0.283. The summed E-state index contributed by atoms with van der Waals surface area (Å²) in [7, 11) is 0. The van der Waals surface area contributed by atoms with Crippen molar-refractivity contribution in [3.05, 3.63) is 40.1 Å². The molecule has 4 nitrogen and oxygen atoms in total. The van der Waals surface area contributed by atoms with Gasteiger partial charge in [0.15, 0.2) is 5.13 Å². The van der Waals surface area contributed by atoms with Crippen LogP contribution in [-0.2, 0) is 0 Å². The first-order chi connectivity index (χ1) is 8.72. The molecule has 0 aromatic carbocycles. The van der Waals surface area contributed by atoms with Crippen LogP contribution in [0.4, 0.5) is 5.13 Å². The van der Waals surface area contributed by atoms with E-state index >= 15 is 0 Å². The largest absolute Gasteiger partial charge is 0.296 e. The van der Waals surface area contributed by atoms with E-state index < -0.39 is 0 Å². The van der Waals surface area contributed by atoms with Gasteiger partial charge in [-0.2, -0.15) is 0 Å². The Morgan fingerprint density at radius 2 is 2.22 bits per heavy atom. The van der Waals surface area contributed by atoms with Crippen LogP contribution in [0.2, 0.25) is 5.15 Å². The topological polar surface area (TPSA) is 54.9 Å². The Balaban J connectivity index is 1.73. The molecule has 1 fully saturated rings. The smallest absolute Gasteiger partial charge is 0.276 e. The van der Waals surface area contributed by atoms with Crippen molar-refractivity contribution < 1.29 is 4.79 Å². The second-order valence-electron chi connectivity index (χ2n) is 4.15. The van der Waals surface area contributed by atoms with Crippen molar-refractivity contribution in [3.63, 3.8) is 0 Å². The van der Waals surface area contributed by atoms with Crippen LogP contribution in [0.3, 0.4) is 0 Å². The molecule has 0 radical (unpaired) electrons. The molecule has 1 saturated carbocycles. The Kier molecular flexibility index (Phi) is 3.01. The predicted molar refractivity (Wildman–Crippen MR) is 71.3 cm³/mol. The predicted octanol–water partition coefficient (Wildman–Crippen LogP) is 3.32. The molecule has 18 heavy (non-hydrogen) atoms. The molecule has 0 unspecified atom stereocenters. The number of hydrogen-bond acceptors (Lipinski definition) is 4. The normalized spacial score (nSPS) is 14.5. The van der Waals surface area contributed by atoms with Gasteiger partial charge in [-0.15, -0.1) is 11.3 Å². The summed E-state index contributed by atoms with van der Waals surface area (Å²) in [5.41, 5.74) is 1.38. The van der Waals surface area contributed by atoms with E-state index in [0.29, 0.717) is 21.9 Å². The fourth-order valence-electron chi connectivity index (χ4n) is 1.61. The number of carbonyl (C=O) groups excluding carboxylic acids is 1. The highest BCUT2D eigenvalue weighted by Gasteiger charge is 2.26. The van der Waals surface area contributed by atoms with Gasteiger partial charge in [-0.25, -0.2) is 9.97 Å². The highest BCUT2D eigenvalue weighted by atomic mass is 35.5. The maximum absolute atomic E-state index is 11.9. The maximum Gasteiger partial charge on any atom is 0.276 e. The molecule has 3 rings (SSSR count). The lowest BCUT2D eigenvalue weighted by atomic mass is 10.3. The molecule has 0 bridgehead atoms. The molecule has 2 aromatic rings. The van der Waals surface area contributed by atoms with Crippen LogP contribution in [0.15, 0.2) is 23.6 Å². The average molecular weight is 280 g/mol. The zero-order chi connectivity index (χ0) is 12.5. The molecule has 0 atom stereocenters. The third-order valence-corrected chi connectivity index (χ3v) is 3.67. The van der Waals surface area contributed by atoms with Gasteiger partial charge in [0, 0.05) is 11.3 Å². The van der Waals surface area contributed by atoms with Crippen LogP contribution in [0.25, 0.3) is 0 Å². The molecule has 2 heterocycles. The average Bonchev–Trinajstić information content (AvgIpc) is 3.11. The molecule has 0 aliphatic heterocycles. The van der Waals surface area contributed by atoms with E-state index in [1.807, 2.05) is 5.38 Å². The van der Waals surface area contributed by atoms with Crippen LogP contribution in [0.5, 0.6) is 0 Å². The Bertz CT molecular complexity index is 595. The van der Waals surface area contributed by atoms with Crippen molar-refractivity contribution in [2.24, 2.45) is 0 Å². The van der Waals surface area contributed by atoms with Crippen LogP contribution in [0.1, 0.15) is 34.9 Å². The van der Waals surface area contributed by atoms with E-state index in [1.54, 1.807) is 18.2 Å². The van der Waals surface area contributed by atoms with Crippen molar-refractivity contribution in [2.75, 3.05) is 5.32 Å². The Morgan fingerprint density at radius 3 is 2.94 bits per heavy atom. The Hall–Kier alpha value is -1.46. The van der Waals surface area contributed by atoms with E-state index in [9.17, 15) is 4.79 Å². The third kappa shape index (κ3) is 2.52. The highest BCUT2D eigenvalue weighted by molar-refractivity contribution is 7.14. The molecule has 2 aromatic heterocycles. The molecule has 0 saturated heterocycles. The molecule has 1 amide bonds. The summed E-state index contributed by atoms with van der Waals surface area (Å²) in [5.74, 6) is 0.311. The fourth-order valence-corrected chi connectivity index (χ4v) is 2.56. The first-order valence-corrected chi connectivity index (χ1v) is 6.87. The molecule has 6 heteroatoms. The first-order valence-electron chi connectivity index (χ1n) is 5.62. The van der Waals surface area contributed by atoms with E-state index in [1.165, 1.54) is 24.2 Å². The molecular weight excluding hydrogens is 270 g/mol. The fraction of sp³-hybridized carbons (Fsp3) is 0.250. The summed E-state index contributed by atoms with van der Waals surface area (Å²) >= 11 is 7.18. The standard InChI is InChI=1S/C12H10ClN3OS/c13-10-3-1-2-8(14-10)11(17)16-12-15-9(6-18-12)7-4-5-7/h1-3,6-7H,4-5H2,(H,15,16,17). The van der Waals surface area contributed by atoms with Crippen LogP contribution >= 0.6 is 22.9 Å². The quantitative estimate of drug-likeness (QED) is 0.877.